The van der Waals surface area contributed by atoms with Gasteiger partial charge >= 0.3 is 0 Å². The van der Waals surface area contributed by atoms with E-state index in [2.05, 4.69) is 34.7 Å². The van der Waals surface area contributed by atoms with Crippen LogP contribution in [0, 0.1) is 5.92 Å². The number of hydrogen-bond donors (Lipinski definition) is 0. The summed E-state index contributed by atoms with van der Waals surface area (Å²) in [6.45, 7) is 8.52. The van der Waals surface area contributed by atoms with E-state index in [1.807, 2.05) is 0 Å². The van der Waals surface area contributed by atoms with E-state index in [-0.39, 0.29) is 0 Å². The zero-order valence-corrected chi connectivity index (χ0v) is 10.9. The molecule has 1 saturated heterocycles. The van der Waals surface area contributed by atoms with Crippen molar-refractivity contribution in [2.75, 3.05) is 31.6 Å². The molecule has 1 aliphatic heterocycles. The van der Waals surface area contributed by atoms with Crippen molar-refractivity contribution < 1.29 is 4.74 Å². The number of likely N-dealkylation sites (tertiary alicyclic amines) is 1. The predicted molar refractivity (Wildman–Crippen MR) is 64.0 cm³/mol. The Morgan fingerprint density at radius 3 is 2.93 bits per heavy atom. The molecule has 1 rings (SSSR count). The van der Waals surface area contributed by atoms with Gasteiger partial charge in [-0.05, 0) is 25.3 Å². The molecule has 0 aromatic rings. The Hall–Kier alpha value is 0.400. The van der Waals surface area contributed by atoms with Gasteiger partial charge in [0.2, 0.25) is 0 Å². The summed E-state index contributed by atoms with van der Waals surface area (Å²) in [6.07, 6.45) is 2.69. The van der Waals surface area contributed by atoms with Crippen molar-refractivity contribution in [2.45, 2.75) is 32.7 Å². The van der Waals surface area contributed by atoms with E-state index < -0.39 is 0 Å². The molecule has 3 heteroatoms. The lowest BCUT2D eigenvalue weighted by atomic mass is 10.2. The number of nitrogens with zero attached hydrogens (tertiary/aromatic N) is 1. The van der Waals surface area contributed by atoms with E-state index in [1.54, 1.807) is 0 Å². The normalized spacial score (nSPS) is 23.6. The number of halogens is 1. The van der Waals surface area contributed by atoms with Gasteiger partial charge in [-0.3, -0.25) is 4.90 Å². The SMILES string of the molecule is CC(C)COCCN1CCCC1CBr. The largest absolute Gasteiger partial charge is 0.380 e. The molecule has 0 amide bonds. The Kier molecular flexibility index (Phi) is 6.06. The summed E-state index contributed by atoms with van der Waals surface area (Å²) in [7, 11) is 0. The maximum atomic E-state index is 5.59. The van der Waals surface area contributed by atoms with Gasteiger partial charge in [0.05, 0.1) is 6.61 Å². The molecule has 0 bridgehead atoms. The summed E-state index contributed by atoms with van der Waals surface area (Å²) < 4.78 is 5.59. The monoisotopic (exact) mass is 263 g/mol. The van der Waals surface area contributed by atoms with E-state index in [0.29, 0.717) is 5.92 Å². The average molecular weight is 264 g/mol. The minimum absolute atomic E-state index is 0.653. The van der Waals surface area contributed by atoms with E-state index in [9.17, 15) is 0 Å². The molecular formula is C11H22BrNO. The first-order valence-electron chi connectivity index (χ1n) is 5.61. The van der Waals surface area contributed by atoms with Gasteiger partial charge in [-0.2, -0.15) is 0 Å². The van der Waals surface area contributed by atoms with E-state index in [1.165, 1.54) is 19.4 Å². The van der Waals surface area contributed by atoms with Crippen molar-refractivity contribution in [1.82, 2.24) is 4.90 Å². The van der Waals surface area contributed by atoms with Crippen LogP contribution in [0.4, 0.5) is 0 Å². The van der Waals surface area contributed by atoms with Crippen LogP contribution in [0.3, 0.4) is 0 Å². The Bertz CT molecular complexity index is 152. The van der Waals surface area contributed by atoms with Gasteiger partial charge in [-0.15, -0.1) is 0 Å². The maximum Gasteiger partial charge on any atom is 0.0593 e. The second-order valence-corrected chi connectivity index (χ2v) is 5.10. The fourth-order valence-electron chi connectivity index (χ4n) is 1.87. The first-order chi connectivity index (χ1) is 6.74. The Morgan fingerprint density at radius 2 is 2.29 bits per heavy atom. The van der Waals surface area contributed by atoms with Gasteiger partial charge in [-0.1, -0.05) is 29.8 Å². The molecular weight excluding hydrogens is 242 g/mol. The summed E-state index contributed by atoms with van der Waals surface area (Å²) in [5, 5.41) is 1.11. The second kappa shape index (κ2) is 6.81. The maximum absolute atomic E-state index is 5.59. The molecule has 0 aromatic heterocycles. The van der Waals surface area contributed by atoms with Crippen molar-refractivity contribution in [3.63, 3.8) is 0 Å². The van der Waals surface area contributed by atoms with E-state index in [0.717, 1.165) is 31.1 Å². The van der Waals surface area contributed by atoms with Crippen LogP contribution in [0.2, 0.25) is 0 Å². The number of ether oxygens (including phenoxy) is 1. The average Bonchev–Trinajstić information content (AvgIpc) is 2.59. The highest BCUT2D eigenvalue weighted by molar-refractivity contribution is 9.09. The molecule has 1 fully saturated rings. The molecule has 1 unspecified atom stereocenters. The number of alkyl halides is 1. The standard InChI is InChI=1S/C11H22BrNO/c1-10(2)9-14-7-6-13-5-3-4-11(13)8-12/h10-11H,3-9H2,1-2H3. The minimum atomic E-state index is 0.653. The Morgan fingerprint density at radius 1 is 1.50 bits per heavy atom. The van der Waals surface area contributed by atoms with Gasteiger partial charge < -0.3 is 4.74 Å². The lowest BCUT2D eigenvalue weighted by Gasteiger charge is -2.22. The topological polar surface area (TPSA) is 12.5 Å². The Labute approximate surface area is 96.1 Å². The third kappa shape index (κ3) is 4.28. The summed E-state index contributed by atoms with van der Waals surface area (Å²) in [6, 6.07) is 0.748. The van der Waals surface area contributed by atoms with Gasteiger partial charge in [0, 0.05) is 24.5 Å². The van der Waals surface area contributed by atoms with Gasteiger partial charge in [0.15, 0.2) is 0 Å². The van der Waals surface area contributed by atoms with Gasteiger partial charge in [0.25, 0.3) is 0 Å². The van der Waals surface area contributed by atoms with Crippen LogP contribution < -0.4 is 0 Å². The first kappa shape index (κ1) is 12.5. The third-order valence-corrected chi connectivity index (χ3v) is 3.40. The summed E-state index contributed by atoms with van der Waals surface area (Å²) in [5.41, 5.74) is 0. The predicted octanol–water partition coefficient (Wildman–Crippen LogP) is 2.52. The van der Waals surface area contributed by atoms with Crippen LogP contribution in [0.25, 0.3) is 0 Å². The smallest absolute Gasteiger partial charge is 0.0593 e. The second-order valence-electron chi connectivity index (χ2n) is 4.46. The van der Waals surface area contributed by atoms with Crippen LogP contribution in [0.1, 0.15) is 26.7 Å². The third-order valence-electron chi connectivity index (χ3n) is 2.65. The van der Waals surface area contributed by atoms with Crippen molar-refractivity contribution in [2.24, 2.45) is 5.92 Å². The number of rotatable bonds is 6. The summed E-state index contributed by atoms with van der Waals surface area (Å²) in [4.78, 5) is 2.54. The highest BCUT2D eigenvalue weighted by Gasteiger charge is 2.22. The van der Waals surface area contributed by atoms with Crippen LogP contribution >= 0.6 is 15.9 Å². The lowest BCUT2D eigenvalue weighted by molar-refractivity contribution is 0.0844. The molecule has 84 valence electrons. The van der Waals surface area contributed by atoms with Crippen molar-refractivity contribution in [3.05, 3.63) is 0 Å². The lowest BCUT2D eigenvalue weighted by Crippen LogP contribution is -2.33. The molecule has 0 aliphatic carbocycles. The zero-order chi connectivity index (χ0) is 10.4. The molecule has 1 aliphatic rings. The van der Waals surface area contributed by atoms with E-state index in [4.69, 9.17) is 4.74 Å². The summed E-state index contributed by atoms with van der Waals surface area (Å²) >= 11 is 3.57. The molecule has 0 N–H and O–H groups in total. The molecule has 1 atom stereocenters. The molecule has 0 radical (unpaired) electrons. The Balaban J connectivity index is 2.05. The van der Waals surface area contributed by atoms with Crippen molar-refractivity contribution in [3.8, 4) is 0 Å². The summed E-state index contributed by atoms with van der Waals surface area (Å²) in [5.74, 6) is 0.653. The molecule has 2 nitrogen and oxygen atoms in total. The van der Waals surface area contributed by atoms with Crippen molar-refractivity contribution >= 4 is 15.9 Å². The van der Waals surface area contributed by atoms with Gasteiger partial charge in [-0.25, -0.2) is 0 Å². The zero-order valence-electron chi connectivity index (χ0n) is 9.34. The fourth-order valence-corrected chi connectivity index (χ4v) is 2.60. The quantitative estimate of drug-likeness (QED) is 0.540. The van der Waals surface area contributed by atoms with Crippen LogP contribution in [-0.4, -0.2) is 42.6 Å². The minimum Gasteiger partial charge on any atom is -0.380 e. The molecule has 14 heavy (non-hydrogen) atoms. The molecule has 1 heterocycles. The fraction of sp³-hybridized carbons (Fsp3) is 1.00. The van der Waals surface area contributed by atoms with E-state index >= 15 is 0 Å². The van der Waals surface area contributed by atoms with Crippen molar-refractivity contribution in [1.29, 1.82) is 0 Å². The van der Waals surface area contributed by atoms with Crippen LogP contribution in [0.15, 0.2) is 0 Å². The van der Waals surface area contributed by atoms with Crippen LogP contribution in [0.5, 0.6) is 0 Å². The first-order valence-corrected chi connectivity index (χ1v) is 6.74. The molecule has 0 spiro atoms. The highest BCUT2D eigenvalue weighted by atomic mass is 79.9. The molecule has 0 saturated carbocycles. The highest BCUT2D eigenvalue weighted by Crippen LogP contribution is 2.18. The number of hydrogen-bond acceptors (Lipinski definition) is 2. The molecule has 0 aromatic carbocycles. The van der Waals surface area contributed by atoms with Gasteiger partial charge in [0.1, 0.15) is 0 Å². The van der Waals surface area contributed by atoms with Crippen LogP contribution in [-0.2, 0) is 4.74 Å².